The molecule has 1 aromatic carbocycles. The maximum atomic E-state index is 10.6. The Bertz CT molecular complexity index is 460. The summed E-state index contributed by atoms with van der Waals surface area (Å²) < 4.78 is 7.17. The molecule has 0 saturated carbocycles. The number of phenols is 1. The van der Waals surface area contributed by atoms with Gasteiger partial charge >= 0.3 is 6.16 Å². The van der Waals surface area contributed by atoms with Crippen molar-refractivity contribution in [1.29, 1.82) is 0 Å². The highest BCUT2D eigenvalue weighted by Gasteiger charge is 2.22. The first kappa shape index (κ1) is 15.5. The van der Waals surface area contributed by atoms with Gasteiger partial charge in [0.15, 0.2) is 11.5 Å². The molecule has 0 atom stereocenters. The topological polar surface area (TPSA) is 66.8 Å². The predicted molar refractivity (Wildman–Crippen MR) is 88.9 cm³/mol. The highest BCUT2D eigenvalue weighted by molar-refractivity contribution is 14.1. The molecule has 0 amide bonds. The van der Waals surface area contributed by atoms with E-state index in [1.807, 2.05) is 29.5 Å². The minimum atomic E-state index is -1.41. The van der Waals surface area contributed by atoms with Crippen molar-refractivity contribution in [2.24, 2.45) is 0 Å². The zero-order valence-corrected chi connectivity index (χ0v) is 15.2. The molecule has 0 spiro atoms. The van der Waals surface area contributed by atoms with E-state index in [4.69, 9.17) is 9.84 Å². The standard InChI is InChI=1S/C10H9I3O4/c1-2-3-4-5(11)6(12)7(13)8(14)9(4)17-10(15)16/h14H,2-3H2,1H3,(H,15,16). The molecule has 0 radical (unpaired) electrons. The van der Waals surface area contributed by atoms with Gasteiger partial charge in [0.2, 0.25) is 0 Å². The Morgan fingerprint density at radius 1 is 1.24 bits per heavy atom. The van der Waals surface area contributed by atoms with Gasteiger partial charge in [-0.3, -0.25) is 0 Å². The fourth-order valence-corrected chi connectivity index (χ4v) is 3.74. The third kappa shape index (κ3) is 3.49. The lowest BCUT2D eigenvalue weighted by atomic mass is 10.1. The summed E-state index contributed by atoms with van der Waals surface area (Å²) in [5.74, 6) is -0.0326. The minimum absolute atomic E-state index is 0.0635. The first-order valence-corrected chi connectivity index (χ1v) is 7.92. The van der Waals surface area contributed by atoms with E-state index in [0.29, 0.717) is 9.99 Å². The maximum absolute atomic E-state index is 10.6. The molecule has 1 aromatic rings. The molecule has 0 aliphatic rings. The molecule has 0 aliphatic carbocycles. The van der Waals surface area contributed by atoms with Gasteiger partial charge in [-0.25, -0.2) is 4.79 Å². The van der Waals surface area contributed by atoms with E-state index in [9.17, 15) is 9.90 Å². The SMILES string of the molecule is CCCc1c(I)c(I)c(I)c(O)c1OC(=O)O. The average molecular weight is 574 g/mol. The highest BCUT2D eigenvalue weighted by atomic mass is 127. The van der Waals surface area contributed by atoms with Gasteiger partial charge in [-0.05, 0) is 74.2 Å². The van der Waals surface area contributed by atoms with Crippen LogP contribution in [0.2, 0.25) is 0 Å². The summed E-state index contributed by atoms with van der Waals surface area (Å²) in [6, 6.07) is 0. The quantitative estimate of drug-likeness (QED) is 0.246. The van der Waals surface area contributed by atoms with Gasteiger partial charge in [-0.15, -0.1) is 0 Å². The number of carbonyl (C=O) groups is 1. The Hall–Kier alpha value is 0.480. The van der Waals surface area contributed by atoms with E-state index >= 15 is 0 Å². The van der Waals surface area contributed by atoms with Crippen LogP contribution in [0.25, 0.3) is 0 Å². The first-order chi connectivity index (χ1) is 7.90. The molecule has 4 nitrogen and oxygen atoms in total. The molecule has 2 N–H and O–H groups in total. The van der Waals surface area contributed by atoms with Crippen LogP contribution in [0, 0.1) is 10.7 Å². The van der Waals surface area contributed by atoms with Gasteiger partial charge in [0, 0.05) is 12.7 Å². The van der Waals surface area contributed by atoms with Gasteiger partial charge in [0.1, 0.15) is 0 Å². The predicted octanol–water partition coefficient (Wildman–Crippen LogP) is 4.22. The van der Waals surface area contributed by atoms with Gasteiger partial charge in [-0.1, -0.05) is 13.3 Å². The van der Waals surface area contributed by atoms with Crippen molar-refractivity contribution in [3.63, 3.8) is 0 Å². The van der Waals surface area contributed by atoms with Gasteiger partial charge in [-0.2, -0.15) is 0 Å². The molecule has 7 heteroatoms. The molecular weight excluding hydrogens is 565 g/mol. The first-order valence-electron chi connectivity index (χ1n) is 4.69. The average Bonchev–Trinajstić information content (AvgIpc) is 2.28. The second-order valence-electron chi connectivity index (χ2n) is 3.22. The fourth-order valence-electron chi connectivity index (χ4n) is 1.35. The summed E-state index contributed by atoms with van der Waals surface area (Å²) in [6.45, 7) is 1.99. The highest BCUT2D eigenvalue weighted by Crippen LogP contribution is 2.42. The number of carboxylic acid groups (broad SMARTS) is 1. The van der Waals surface area contributed by atoms with Crippen LogP contribution in [0.1, 0.15) is 18.9 Å². The number of aromatic hydroxyl groups is 1. The van der Waals surface area contributed by atoms with Crippen LogP contribution in [0.15, 0.2) is 0 Å². The summed E-state index contributed by atoms with van der Waals surface area (Å²) in [5.41, 5.74) is 0.748. The molecule has 0 heterocycles. The normalized spacial score (nSPS) is 10.4. The molecule has 1 rings (SSSR count). The fraction of sp³-hybridized carbons (Fsp3) is 0.300. The van der Waals surface area contributed by atoms with Crippen molar-refractivity contribution in [3.05, 3.63) is 16.3 Å². The van der Waals surface area contributed by atoms with Gasteiger partial charge in [0.25, 0.3) is 0 Å². The van der Waals surface area contributed by atoms with Crippen molar-refractivity contribution in [2.45, 2.75) is 19.8 Å². The molecule has 94 valence electrons. The summed E-state index contributed by atoms with van der Waals surface area (Å²) in [5, 5.41) is 18.7. The lowest BCUT2D eigenvalue weighted by molar-refractivity contribution is 0.142. The molecule has 0 unspecified atom stereocenters. The van der Waals surface area contributed by atoms with Crippen LogP contribution in [-0.4, -0.2) is 16.4 Å². The van der Waals surface area contributed by atoms with Crippen molar-refractivity contribution in [2.75, 3.05) is 0 Å². The summed E-state index contributed by atoms with van der Waals surface area (Å²) in [4.78, 5) is 10.6. The van der Waals surface area contributed by atoms with E-state index in [0.717, 1.165) is 19.1 Å². The van der Waals surface area contributed by atoms with E-state index in [1.54, 1.807) is 0 Å². The molecule has 17 heavy (non-hydrogen) atoms. The number of hydrogen-bond acceptors (Lipinski definition) is 3. The van der Waals surface area contributed by atoms with E-state index in [2.05, 4.69) is 45.2 Å². The summed E-state index contributed by atoms with van der Waals surface area (Å²) in [7, 11) is 0. The molecule has 0 bridgehead atoms. The Labute approximate surface area is 140 Å². The zero-order valence-electron chi connectivity index (χ0n) is 8.76. The van der Waals surface area contributed by atoms with Crippen LogP contribution in [0.5, 0.6) is 11.5 Å². The molecule has 0 aromatic heterocycles. The number of halogens is 3. The number of benzene rings is 1. The van der Waals surface area contributed by atoms with E-state index in [1.165, 1.54) is 0 Å². The number of ether oxygens (including phenoxy) is 1. The maximum Gasteiger partial charge on any atom is 0.511 e. The van der Waals surface area contributed by atoms with Crippen LogP contribution in [0.4, 0.5) is 4.79 Å². The number of phenolic OH excluding ortho intramolecular Hbond substituents is 1. The third-order valence-corrected chi connectivity index (χ3v) is 7.42. The lowest BCUT2D eigenvalue weighted by Gasteiger charge is -2.15. The van der Waals surface area contributed by atoms with Crippen molar-refractivity contribution >= 4 is 73.9 Å². The molecule has 0 aliphatic heterocycles. The van der Waals surface area contributed by atoms with Gasteiger partial charge in [0.05, 0.1) is 3.57 Å². The monoisotopic (exact) mass is 574 g/mol. The van der Waals surface area contributed by atoms with Crippen LogP contribution < -0.4 is 4.74 Å². The van der Waals surface area contributed by atoms with Crippen LogP contribution in [-0.2, 0) is 6.42 Å². The largest absolute Gasteiger partial charge is 0.511 e. The molecular formula is C10H9I3O4. The lowest BCUT2D eigenvalue weighted by Crippen LogP contribution is -2.08. The van der Waals surface area contributed by atoms with Crippen LogP contribution >= 0.6 is 67.8 Å². The smallest absolute Gasteiger partial charge is 0.503 e. The second kappa shape index (κ2) is 6.59. The Morgan fingerprint density at radius 2 is 1.82 bits per heavy atom. The Kier molecular flexibility index (Phi) is 6.02. The number of hydrogen-bond donors (Lipinski definition) is 2. The summed E-state index contributed by atoms with van der Waals surface area (Å²) in [6.07, 6.45) is 0.106. The molecule has 0 fully saturated rings. The van der Waals surface area contributed by atoms with Gasteiger partial charge < -0.3 is 14.9 Å². The van der Waals surface area contributed by atoms with E-state index < -0.39 is 6.16 Å². The number of rotatable bonds is 3. The second-order valence-corrected chi connectivity index (χ2v) is 6.45. The Morgan fingerprint density at radius 3 is 2.29 bits per heavy atom. The van der Waals surface area contributed by atoms with Crippen molar-refractivity contribution < 1.29 is 19.7 Å². The third-order valence-electron chi connectivity index (χ3n) is 2.04. The minimum Gasteiger partial charge on any atom is -0.503 e. The van der Waals surface area contributed by atoms with Crippen molar-refractivity contribution in [1.82, 2.24) is 0 Å². The van der Waals surface area contributed by atoms with Crippen LogP contribution in [0.3, 0.4) is 0 Å². The molecule has 0 saturated heterocycles. The summed E-state index contributed by atoms with van der Waals surface area (Å²) >= 11 is 6.26. The Balaban J connectivity index is 3.47. The van der Waals surface area contributed by atoms with Crippen molar-refractivity contribution in [3.8, 4) is 11.5 Å². The zero-order chi connectivity index (χ0) is 13.2. The van der Waals surface area contributed by atoms with E-state index in [-0.39, 0.29) is 11.5 Å².